The average Bonchev–Trinajstić information content (AvgIpc) is 3.05. The van der Waals surface area contributed by atoms with Gasteiger partial charge < -0.3 is 20.5 Å². The van der Waals surface area contributed by atoms with Crippen LogP contribution in [0.1, 0.15) is 12.0 Å². The number of aromatic nitrogens is 2. The molecule has 27 heavy (non-hydrogen) atoms. The Labute approximate surface area is 153 Å². The number of amidine groups is 1. The minimum absolute atomic E-state index is 0.0487. The Bertz CT molecular complexity index is 779. The summed E-state index contributed by atoms with van der Waals surface area (Å²) in [4.78, 5) is 12.1. The van der Waals surface area contributed by atoms with Crippen LogP contribution in [0.25, 0.3) is 0 Å². The zero-order valence-electron chi connectivity index (χ0n) is 14.2. The van der Waals surface area contributed by atoms with Gasteiger partial charge in [0.05, 0.1) is 18.4 Å². The van der Waals surface area contributed by atoms with Crippen LogP contribution >= 0.6 is 0 Å². The highest BCUT2D eigenvalue weighted by molar-refractivity contribution is 5.73. The van der Waals surface area contributed by atoms with Crippen molar-refractivity contribution in [3.05, 3.63) is 42.2 Å². The summed E-state index contributed by atoms with van der Waals surface area (Å²) in [5.41, 5.74) is 7.38. The summed E-state index contributed by atoms with van der Waals surface area (Å²) in [5.74, 6) is 0.211. The van der Waals surface area contributed by atoms with Crippen LogP contribution in [0.3, 0.4) is 0 Å². The molecule has 3 rings (SSSR count). The highest BCUT2D eigenvalue weighted by Gasteiger charge is 2.28. The molecule has 0 spiro atoms. The van der Waals surface area contributed by atoms with Gasteiger partial charge in [-0.05, 0) is 30.5 Å². The number of nitrogens with zero attached hydrogens (tertiary/aromatic N) is 3. The predicted octanol–water partition coefficient (Wildman–Crippen LogP) is 2.81. The summed E-state index contributed by atoms with van der Waals surface area (Å²) < 4.78 is 46.0. The molecule has 1 aliphatic rings. The summed E-state index contributed by atoms with van der Waals surface area (Å²) in [7, 11) is 0. The van der Waals surface area contributed by atoms with Crippen molar-refractivity contribution >= 4 is 17.7 Å². The number of hydrogen-bond donors (Lipinski definition) is 2. The lowest BCUT2D eigenvalue weighted by molar-refractivity contribution is -0.153. The van der Waals surface area contributed by atoms with Crippen molar-refractivity contribution in [2.75, 3.05) is 18.5 Å². The van der Waals surface area contributed by atoms with Crippen LogP contribution < -0.4 is 15.8 Å². The number of nitrogens with two attached hydrogens (primary N) is 1. The first-order valence-corrected chi connectivity index (χ1v) is 8.21. The van der Waals surface area contributed by atoms with Gasteiger partial charge in [0.1, 0.15) is 6.61 Å². The normalized spacial score (nSPS) is 16.6. The number of halogens is 3. The maximum atomic E-state index is 12.1. The molecule has 0 fully saturated rings. The molecule has 0 saturated heterocycles. The lowest BCUT2D eigenvalue weighted by Gasteiger charge is -2.10. The zero-order valence-corrected chi connectivity index (χ0v) is 14.2. The van der Waals surface area contributed by atoms with Gasteiger partial charge in [0.25, 0.3) is 6.02 Å². The van der Waals surface area contributed by atoms with Crippen LogP contribution in [0.2, 0.25) is 0 Å². The molecule has 3 N–H and O–H groups in total. The summed E-state index contributed by atoms with van der Waals surface area (Å²) in [5, 5.41) is 2.98. The first-order chi connectivity index (χ1) is 12.9. The molecule has 0 saturated carbocycles. The van der Waals surface area contributed by atoms with Gasteiger partial charge in [0, 0.05) is 5.69 Å². The number of aliphatic imine (C=N–C) groups is 1. The molecule has 0 amide bonds. The summed E-state index contributed by atoms with van der Waals surface area (Å²) in [6.07, 6.45) is -0.345. The summed E-state index contributed by atoms with van der Waals surface area (Å²) in [6.45, 7) is -0.860. The van der Waals surface area contributed by atoms with E-state index in [9.17, 15) is 13.2 Å². The number of ether oxygens (including phenoxy) is 2. The van der Waals surface area contributed by atoms with Gasteiger partial charge in [-0.2, -0.15) is 13.2 Å². The second-order valence-corrected chi connectivity index (χ2v) is 5.94. The molecular weight excluding hydrogens is 363 g/mol. The second kappa shape index (κ2) is 8.11. The third kappa shape index (κ3) is 6.01. The first kappa shape index (κ1) is 18.7. The van der Waals surface area contributed by atoms with Gasteiger partial charge in [0.15, 0.2) is 12.4 Å². The van der Waals surface area contributed by atoms with Crippen molar-refractivity contribution in [2.45, 2.75) is 25.1 Å². The largest absolute Gasteiger partial charge is 0.481 e. The molecule has 7 nitrogen and oxygen atoms in total. The van der Waals surface area contributed by atoms with E-state index in [2.05, 4.69) is 25.0 Å². The van der Waals surface area contributed by atoms with Gasteiger partial charge in [-0.3, -0.25) is 0 Å². The zero-order chi connectivity index (χ0) is 19.3. The Morgan fingerprint density at radius 2 is 1.89 bits per heavy atom. The molecule has 1 unspecified atom stereocenters. The highest BCUT2D eigenvalue weighted by Crippen LogP contribution is 2.19. The van der Waals surface area contributed by atoms with E-state index in [1.807, 2.05) is 24.3 Å². The standard InChI is InChI=1S/C17H18F3N5O2/c18-17(19,20)10-27-14-7-22-16(23-8-14)25-12-4-1-11(2-5-12)3-6-13-9-26-15(21)24-13/h1-2,4-5,7-8,13H,3,6,9-10H2,(H2,21,24)(H,22,23,25). The van der Waals surface area contributed by atoms with Crippen molar-refractivity contribution in [1.82, 2.24) is 9.97 Å². The van der Waals surface area contributed by atoms with Gasteiger partial charge in [-0.1, -0.05) is 12.1 Å². The average molecular weight is 381 g/mol. The molecule has 0 aliphatic carbocycles. The van der Waals surface area contributed by atoms with Gasteiger partial charge in [-0.15, -0.1) is 0 Å². The molecule has 2 aromatic rings. The van der Waals surface area contributed by atoms with E-state index in [4.69, 9.17) is 10.5 Å². The fourth-order valence-electron chi connectivity index (χ4n) is 2.42. The van der Waals surface area contributed by atoms with Crippen LogP contribution in [0, 0.1) is 0 Å². The van der Waals surface area contributed by atoms with Crippen LogP contribution in [0.15, 0.2) is 41.7 Å². The summed E-state index contributed by atoms with van der Waals surface area (Å²) >= 11 is 0. The minimum Gasteiger partial charge on any atom is -0.481 e. The first-order valence-electron chi connectivity index (χ1n) is 8.21. The number of aryl methyl sites for hydroxylation is 1. The Hall–Kier alpha value is -3.04. The lowest BCUT2D eigenvalue weighted by atomic mass is 10.1. The molecule has 1 aromatic heterocycles. The smallest absolute Gasteiger partial charge is 0.422 e. The fraction of sp³-hybridized carbons (Fsp3) is 0.353. The van der Waals surface area contributed by atoms with E-state index in [1.165, 1.54) is 12.4 Å². The SMILES string of the molecule is NC1=NC(CCc2ccc(Nc3ncc(OCC(F)(F)F)cn3)cc2)CO1. The summed E-state index contributed by atoms with van der Waals surface area (Å²) in [6, 6.07) is 8.01. The third-order valence-corrected chi connectivity index (χ3v) is 3.74. The molecule has 0 radical (unpaired) electrons. The Morgan fingerprint density at radius 3 is 2.48 bits per heavy atom. The second-order valence-electron chi connectivity index (χ2n) is 5.94. The quantitative estimate of drug-likeness (QED) is 0.766. The van der Waals surface area contributed by atoms with Crippen molar-refractivity contribution in [2.24, 2.45) is 10.7 Å². The van der Waals surface area contributed by atoms with Gasteiger partial charge in [0.2, 0.25) is 5.95 Å². The molecule has 1 aromatic carbocycles. The van der Waals surface area contributed by atoms with Crippen molar-refractivity contribution in [3.63, 3.8) is 0 Å². The van der Waals surface area contributed by atoms with Crippen LogP contribution in [0.5, 0.6) is 5.75 Å². The minimum atomic E-state index is -4.40. The van der Waals surface area contributed by atoms with E-state index < -0.39 is 12.8 Å². The number of alkyl halides is 3. The lowest BCUT2D eigenvalue weighted by Crippen LogP contribution is -2.19. The molecular formula is C17H18F3N5O2. The Morgan fingerprint density at radius 1 is 1.19 bits per heavy atom. The number of rotatable bonds is 7. The van der Waals surface area contributed by atoms with Crippen LogP contribution in [0.4, 0.5) is 24.8 Å². The Balaban J connectivity index is 1.49. The van der Waals surface area contributed by atoms with E-state index >= 15 is 0 Å². The van der Waals surface area contributed by atoms with Crippen LogP contribution in [-0.2, 0) is 11.2 Å². The highest BCUT2D eigenvalue weighted by atomic mass is 19.4. The van der Waals surface area contributed by atoms with Crippen molar-refractivity contribution in [3.8, 4) is 5.75 Å². The maximum Gasteiger partial charge on any atom is 0.422 e. The van der Waals surface area contributed by atoms with Crippen molar-refractivity contribution in [1.29, 1.82) is 0 Å². The van der Waals surface area contributed by atoms with Crippen LogP contribution in [-0.4, -0.2) is 41.4 Å². The number of hydrogen-bond acceptors (Lipinski definition) is 7. The van der Waals surface area contributed by atoms with E-state index in [0.717, 1.165) is 24.1 Å². The molecule has 1 aliphatic heterocycles. The molecule has 1 atom stereocenters. The van der Waals surface area contributed by atoms with Gasteiger partial charge >= 0.3 is 6.18 Å². The number of anilines is 2. The van der Waals surface area contributed by atoms with Crippen molar-refractivity contribution < 1.29 is 22.6 Å². The van der Waals surface area contributed by atoms with E-state index in [-0.39, 0.29) is 23.8 Å². The topological polar surface area (TPSA) is 94.7 Å². The number of benzene rings is 1. The molecule has 10 heteroatoms. The number of nitrogens with one attached hydrogen (secondary N) is 1. The molecule has 144 valence electrons. The molecule has 0 bridgehead atoms. The Kier molecular flexibility index (Phi) is 5.63. The molecule has 2 heterocycles. The predicted molar refractivity (Wildman–Crippen MR) is 93.0 cm³/mol. The fourth-order valence-corrected chi connectivity index (χ4v) is 2.42. The third-order valence-electron chi connectivity index (χ3n) is 3.74. The van der Waals surface area contributed by atoms with E-state index in [0.29, 0.717) is 6.61 Å². The van der Waals surface area contributed by atoms with E-state index in [1.54, 1.807) is 0 Å². The van der Waals surface area contributed by atoms with Gasteiger partial charge in [-0.25, -0.2) is 15.0 Å². The maximum absolute atomic E-state index is 12.1. The monoisotopic (exact) mass is 381 g/mol.